The van der Waals surface area contributed by atoms with Crippen molar-refractivity contribution >= 4 is 28.9 Å². The summed E-state index contributed by atoms with van der Waals surface area (Å²) in [7, 11) is 1.56. The fourth-order valence-electron chi connectivity index (χ4n) is 3.53. The summed E-state index contributed by atoms with van der Waals surface area (Å²) in [4.78, 5) is 25.4. The molecular weight excluding hydrogens is 388 g/mol. The van der Waals surface area contributed by atoms with Crippen molar-refractivity contribution in [2.75, 3.05) is 12.4 Å². The van der Waals surface area contributed by atoms with Gasteiger partial charge in [0.1, 0.15) is 10.6 Å². The van der Waals surface area contributed by atoms with Crippen LogP contribution in [0.1, 0.15) is 38.0 Å². The molecule has 2 aromatic carbocycles. The number of nitriles is 1. The number of hydrogen-bond donors (Lipinski definition) is 2. The first-order valence-corrected chi connectivity index (χ1v) is 9.67. The lowest BCUT2D eigenvalue weighted by Crippen LogP contribution is -2.22. The molecule has 4 rings (SSSR count). The molecule has 29 heavy (non-hydrogen) atoms. The predicted octanol–water partition coefficient (Wildman–Crippen LogP) is 4.47. The first-order chi connectivity index (χ1) is 14.0. The number of methoxy groups -OCH3 is 1. The van der Waals surface area contributed by atoms with Crippen molar-refractivity contribution in [3.8, 4) is 22.9 Å². The fourth-order valence-corrected chi connectivity index (χ4v) is 4.78. The number of hydrogen-bond acceptors (Lipinski definition) is 5. The van der Waals surface area contributed by atoms with Crippen LogP contribution in [0.25, 0.3) is 11.1 Å². The fraction of sp³-hybridized carbons (Fsp3) is 0.136. The normalized spacial score (nSPS) is 15.2. The van der Waals surface area contributed by atoms with E-state index in [0.29, 0.717) is 28.1 Å². The smallest absolute Gasteiger partial charge is 0.346 e. The van der Waals surface area contributed by atoms with Crippen LogP contribution in [0.3, 0.4) is 0 Å². The highest BCUT2D eigenvalue weighted by Crippen LogP contribution is 2.49. The van der Waals surface area contributed by atoms with Gasteiger partial charge < -0.3 is 15.2 Å². The topological polar surface area (TPSA) is 99.4 Å². The average molecular weight is 404 g/mol. The molecule has 0 radical (unpaired) electrons. The summed E-state index contributed by atoms with van der Waals surface area (Å²) in [5, 5.41) is 21.7. The van der Waals surface area contributed by atoms with Crippen LogP contribution < -0.4 is 10.1 Å². The number of carbonyl (C=O) groups is 2. The Labute approximate surface area is 171 Å². The van der Waals surface area contributed by atoms with E-state index < -0.39 is 5.97 Å². The van der Waals surface area contributed by atoms with Crippen LogP contribution in [0.5, 0.6) is 5.75 Å². The lowest BCUT2D eigenvalue weighted by atomic mass is 9.88. The Hall–Kier alpha value is -3.63. The maximum Gasteiger partial charge on any atom is 0.346 e. The zero-order chi connectivity index (χ0) is 20.5. The van der Waals surface area contributed by atoms with E-state index in [1.165, 1.54) is 11.3 Å². The van der Waals surface area contributed by atoms with Crippen molar-refractivity contribution < 1.29 is 19.4 Å². The number of nitrogens with zero attached hydrogens (tertiary/aromatic N) is 1. The van der Waals surface area contributed by atoms with Gasteiger partial charge in [0, 0.05) is 22.8 Å². The van der Waals surface area contributed by atoms with Gasteiger partial charge in [-0.05, 0) is 35.4 Å². The van der Waals surface area contributed by atoms with Crippen molar-refractivity contribution in [2.45, 2.75) is 12.3 Å². The van der Waals surface area contributed by atoms with Crippen molar-refractivity contribution in [3.63, 3.8) is 0 Å². The van der Waals surface area contributed by atoms with Gasteiger partial charge in [0.2, 0.25) is 5.91 Å². The average Bonchev–Trinajstić information content (AvgIpc) is 3.13. The number of fused-ring (bicyclic) bond motifs is 1. The maximum atomic E-state index is 12.5. The van der Waals surface area contributed by atoms with Gasteiger partial charge in [0.25, 0.3) is 0 Å². The van der Waals surface area contributed by atoms with Crippen molar-refractivity contribution in [2.24, 2.45) is 0 Å². The third-order valence-corrected chi connectivity index (χ3v) is 6.21. The molecule has 1 unspecified atom stereocenters. The summed E-state index contributed by atoms with van der Waals surface area (Å²) >= 11 is 1.18. The van der Waals surface area contributed by atoms with Gasteiger partial charge in [0.05, 0.1) is 24.4 Å². The second-order valence-corrected chi connectivity index (χ2v) is 7.67. The number of benzene rings is 2. The zero-order valence-corrected chi connectivity index (χ0v) is 16.2. The van der Waals surface area contributed by atoms with Gasteiger partial charge in [-0.15, -0.1) is 11.3 Å². The molecule has 7 heteroatoms. The molecule has 0 saturated heterocycles. The van der Waals surface area contributed by atoms with Gasteiger partial charge in [0.15, 0.2) is 0 Å². The van der Waals surface area contributed by atoms with Crippen LogP contribution in [-0.4, -0.2) is 24.1 Å². The molecule has 0 bridgehead atoms. The van der Waals surface area contributed by atoms with Crippen LogP contribution in [0.15, 0.2) is 48.5 Å². The monoisotopic (exact) mass is 404 g/mol. The largest absolute Gasteiger partial charge is 0.497 e. The number of carboxylic acid groups (broad SMARTS) is 1. The Morgan fingerprint density at radius 1 is 1.21 bits per heavy atom. The third kappa shape index (κ3) is 3.35. The molecule has 1 aliphatic heterocycles. The summed E-state index contributed by atoms with van der Waals surface area (Å²) < 4.78 is 5.18. The Balaban J connectivity index is 1.88. The predicted molar refractivity (Wildman–Crippen MR) is 110 cm³/mol. The van der Waals surface area contributed by atoms with E-state index in [1.54, 1.807) is 43.5 Å². The van der Waals surface area contributed by atoms with Gasteiger partial charge in [-0.2, -0.15) is 5.26 Å². The SMILES string of the molecule is COc1ccc(-c2c(C(=O)O)sc3c2NC(=O)CC3c2ccc(C#N)cc2)cc1. The Morgan fingerprint density at radius 3 is 2.48 bits per heavy atom. The standard InChI is InChI=1S/C22H16N2O4S/c1-28-15-8-6-14(7-9-15)18-19-20(29-21(18)22(26)27)16(10-17(25)24-19)13-4-2-12(11-23)3-5-13/h2-9,16H,10H2,1H3,(H,24,25)(H,26,27). The first-order valence-electron chi connectivity index (χ1n) is 8.86. The summed E-state index contributed by atoms with van der Waals surface area (Å²) in [6.45, 7) is 0. The summed E-state index contributed by atoms with van der Waals surface area (Å²) in [5.41, 5.74) is 3.15. The molecule has 0 aliphatic carbocycles. The summed E-state index contributed by atoms with van der Waals surface area (Å²) in [5.74, 6) is -0.810. The maximum absolute atomic E-state index is 12.5. The molecule has 144 valence electrons. The zero-order valence-electron chi connectivity index (χ0n) is 15.4. The Kier molecular flexibility index (Phi) is 4.79. The number of nitrogens with one attached hydrogen (secondary N) is 1. The number of aromatic carboxylic acids is 1. The van der Waals surface area contributed by atoms with Crippen molar-refractivity contribution in [1.82, 2.24) is 0 Å². The molecule has 1 amide bonds. The molecular formula is C22H16N2O4S. The Morgan fingerprint density at radius 2 is 1.90 bits per heavy atom. The van der Waals surface area contributed by atoms with E-state index in [2.05, 4.69) is 11.4 Å². The summed E-state index contributed by atoms with van der Waals surface area (Å²) in [6, 6.07) is 16.2. The number of rotatable bonds is 4. The second-order valence-electron chi connectivity index (χ2n) is 6.62. The molecule has 0 spiro atoms. The Bertz CT molecular complexity index is 1140. The molecule has 6 nitrogen and oxygen atoms in total. The molecule has 1 aromatic heterocycles. The van der Waals surface area contributed by atoms with E-state index in [-0.39, 0.29) is 23.1 Å². The molecule has 3 aromatic rings. The molecule has 1 atom stereocenters. The van der Waals surface area contributed by atoms with Crippen LogP contribution in [0.2, 0.25) is 0 Å². The number of carboxylic acids is 1. The minimum absolute atomic E-state index is 0.170. The van der Waals surface area contributed by atoms with Crippen molar-refractivity contribution in [3.05, 3.63) is 69.4 Å². The van der Waals surface area contributed by atoms with Crippen LogP contribution in [0.4, 0.5) is 5.69 Å². The minimum Gasteiger partial charge on any atom is -0.497 e. The molecule has 2 N–H and O–H groups in total. The van der Waals surface area contributed by atoms with E-state index >= 15 is 0 Å². The van der Waals surface area contributed by atoms with E-state index in [1.807, 2.05) is 12.1 Å². The highest BCUT2D eigenvalue weighted by Gasteiger charge is 2.34. The number of carbonyl (C=O) groups excluding carboxylic acids is 1. The number of ether oxygens (including phenoxy) is 1. The van der Waals surface area contributed by atoms with E-state index in [9.17, 15) is 14.7 Å². The number of amides is 1. The van der Waals surface area contributed by atoms with Gasteiger partial charge in [-0.3, -0.25) is 4.79 Å². The summed E-state index contributed by atoms with van der Waals surface area (Å²) in [6.07, 6.45) is 0.223. The van der Waals surface area contributed by atoms with Crippen LogP contribution in [-0.2, 0) is 4.79 Å². The molecule has 2 heterocycles. The van der Waals surface area contributed by atoms with Crippen LogP contribution >= 0.6 is 11.3 Å². The van der Waals surface area contributed by atoms with E-state index in [0.717, 1.165) is 10.4 Å². The van der Waals surface area contributed by atoms with Gasteiger partial charge in [-0.1, -0.05) is 24.3 Å². The highest BCUT2D eigenvalue weighted by molar-refractivity contribution is 7.15. The second kappa shape index (κ2) is 7.41. The van der Waals surface area contributed by atoms with Crippen molar-refractivity contribution in [1.29, 1.82) is 5.26 Å². The molecule has 0 saturated carbocycles. The number of anilines is 1. The van der Waals surface area contributed by atoms with Crippen LogP contribution in [0, 0.1) is 11.3 Å². The minimum atomic E-state index is -1.04. The number of thiophene rings is 1. The first kappa shape index (κ1) is 18.7. The van der Waals surface area contributed by atoms with Gasteiger partial charge in [-0.25, -0.2) is 4.79 Å². The third-order valence-electron chi connectivity index (χ3n) is 4.92. The lowest BCUT2D eigenvalue weighted by Gasteiger charge is -2.24. The van der Waals surface area contributed by atoms with E-state index in [4.69, 9.17) is 10.00 Å². The quantitative estimate of drug-likeness (QED) is 0.668. The molecule has 0 fully saturated rings. The highest BCUT2D eigenvalue weighted by atomic mass is 32.1. The lowest BCUT2D eigenvalue weighted by molar-refractivity contribution is -0.116. The molecule has 1 aliphatic rings. The van der Waals surface area contributed by atoms with Gasteiger partial charge >= 0.3 is 5.97 Å².